The highest BCUT2D eigenvalue weighted by Crippen LogP contribution is 2.22. The van der Waals surface area contributed by atoms with Crippen molar-refractivity contribution in [1.82, 2.24) is 10.2 Å². The van der Waals surface area contributed by atoms with Gasteiger partial charge in [-0.2, -0.15) is 0 Å². The first kappa shape index (κ1) is 13.0. The molecule has 3 aromatic rings. The summed E-state index contributed by atoms with van der Waals surface area (Å²) < 4.78 is 17.7. The van der Waals surface area contributed by atoms with Crippen molar-refractivity contribution in [3.8, 4) is 11.5 Å². The molecule has 0 aliphatic rings. The van der Waals surface area contributed by atoms with Crippen molar-refractivity contribution in [2.75, 3.05) is 0 Å². The van der Waals surface area contributed by atoms with Crippen LogP contribution >= 0.6 is 11.6 Å². The lowest BCUT2D eigenvalue weighted by Gasteiger charge is -1.96. The molecule has 0 saturated carbocycles. The van der Waals surface area contributed by atoms with E-state index in [9.17, 15) is 4.21 Å². The lowest BCUT2D eigenvalue weighted by Crippen LogP contribution is -1.92. The molecule has 100 valence electrons. The van der Waals surface area contributed by atoms with Gasteiger partial charge in [-0.25, -0.2) is 4.21 Å². The van der Waals surface area contributed by atoms with Crippen LogP contribution in [0.4, 0.5) is 0 Å². The molecule has 0 aliphatic heterocycles. The monoisotopic (exact) mass is 304 g/mol. The molecular formula is C14H9ClN2O2S. The van der Waals surface area contributed by atoms with Crippen molar-refractivity contribution < 1.29 is 8.63 Å². The molecule has 1 atom stereocenters. The number of nitrogens with zero attached hydrogens (tertiary/aromatic N) is 2. The Balaban J connectivity index is 1.91. The molecule has 0 bridgehead atoms. The smallest absolute Gasteiger partial charge is 0.312 e. The molecule has 1 heterocycles. The molecule has 20 heavy (non-hydrogen) atoms. The Morgan fingerprint density at radius 1 is 0.950 bits per heavy atom. The van der Waals surface area contributed by atoms with Crippen LogP contribution in [0, 0.1) is 0 Å². The zero-order valence-corrected chi connectivity index (χ0v) is 11.8. The van der Waals surface area contributed by atoms with Crippen molar-refractivity contribution in [2.45, 2.75) is 10.1 Å². The Kier molecular flexibility index (Phi) is 3.62. The Morgan fingerprint density at radius 2 is 1.65 bits per heavy atom. The number of rotatable bonds is 3. The molecule has 1 aromatic heterocycles. The third-order valence-electron chi connectivity index (χ3n) is 2.61. The van der Waals surface area contributed by atoms with E-state index in [1.54, 1.807) is 36.4 Å². The summed E-state index contributed by atoms with van der Waals surface area (Å²) in [6, 6.07) is 16.0. The molecular weight excluding hydrogens is 296 g/mol. The number of aromatic nitrogens is 2. The molecule has 0 radical (unpaired) electrons. The van der Waals surface area contributed by atoms with Gasteiger partial charge in [0.1, 0.15) is 10.8 Å². The van der Waals surface area contributed by atoms with Gasteiger partial charge >= 0.3 is 5.22 Å². The summed E-state index contributed by atoms with van der Waals surface area (Å²) in [6.45, 7) is 0. The largest absolute Gasteiger partial charge is 0.409 e. The van der Waals surface area contributed by atoms with Crippen molar-refractivity contribution >= 4 is 22.4 Å². The molecule has 0 fully saturated rings. The van der Waals surface area contributed by atoms with Gasteiger partial charge in [0.2, 0.25) is 5.89 Å². The van der Waals surface area contributed by atoms with Gasteiger partial charge in [0.25, 0.3) is 0 Å². The number of hydrogen-bond acceptors (Lipinski definition) is 4. The summed E-state index contributed by atoms with van der Waals surface area (Å²) in [5.41, 5.74) is 0.734. The van der Waals surface area contributed by atoms with Crippen molar-refractivity contribution in [3.05, 3.63) is 59.6 Å². The summed E-state index contributed by atoms with van der Waals surface area (Å²) >= 11 is 5.82. The maximum atomic E-state index is 12.2. The van der Waals surface area contributed by atoms with Gasteiger partial charge in [-0.15, -0.1) is 5.10 Å². The summed E-state index contributed by atoms with van der Waals surface area (Å²) in [4.78, 5) is 0.624. The van der Waals surface area contributed by atoms with Gasteiger partial charge in [0.15, 0.2) is 0 Å². The van der Waals surface area contributed by atoms with E-state index in [-0.39, 0.29) is 5.22 Å². The molecule has 0 amide bonds. The molecule has 1 unspecified atom stereocenters. The summed E-state index contributed by atoms with van der Waals surface area (Å²) in [5, 5.41) is 8.46. The van der Waals surface area contributed by atoms with Crippen LogP contribution in [0.15, 0.2) is 69.1 Å². The third-order valence-corrected chi connectivity index (χ3v) is 4.05. The Morgan fingerprint density at radius 3 is 2.35 bits per heavy atom. The quantitative estimate of drug-likeness (QED) is 0.742. The van der Waals surface area contributed by atoms with E-state index in [0.29, 0.717) is 15.8 Å². The molecule has 6 heteroatoms. The Hall–Kier alpha value is -1.98. The topological polar surface area (TPSA) is 56.0 Å². The van der Waals surface area contributed by atoms with E-state index in [1.807, 2.05) is 18.2 Å². The number of benzene rings is 2. The average Bonchev–Trinajstić information content (AvgIpc) is 2.98. The second-order valence-corrected chi connectivity index (χ2v) is 5.76. The first-order chi connectivity index (χ1) is 9.74. The zero-order valence-electron chi connectivity index (χ0n) is 10.2. The Labute approximate surface area is 122 Å². The molecule has 0 N–H and O–H groups in total. The minimum absolute atomic E-state index is 0.0844. The molecule has 2 aromatic carbocycles. The van der Waals surface area contributed by atoms with Crippen LogP contribution in [0.5, 0.6) is 0 Å². The van der Waals surface area contributed by atoms with E-state index in [2.05, 4.69) is 10.2 Å². The van der Waals surface area contributed by atoms with Crippen LogP contribution < -0.4 is 0 Å². The van der Waals surface area contributed by atoms with E-state index < -0.39 is 10.8 Å². The van der Waals surface area contributed by atoms with Gasteiger partial charge in [0.05, 0.1) is 0 Å². The summed E-state index contributed by atoms with van der Waals surface area (Å²) in [6.07, 6.45) is 0. The molecule has 3 rings (SSSR count). The molecule has 0 spiro atoms. The first-order valence-electron chi connectivity index (χ1n) is 5.80. The van der Waals surface area contributed by atoms with Crippen molar-refractivity contribution in [2.24, 2.45) is 0 Å². The standard InChI is InChI=1S/C14H9ClN2O2S/c15-11-8-6-10(7-9-11)13-16-17-14(19-13)20(18)12-4-2-1-3-5-12/h1-9H. The summed E-state index contributed by atoms with van der Waals surface area (Å²) in [5.74, 6) is 0.320. The maximum absolute atomic E-state index is 12.2. The SMILES string of the molecule is O=S(c1ccccc1)c1nnc(-c2ccc(Cl)cc2)o1. The predicted molar refractivity (Wildman–Crippen MR) is 75.9 cm³/mol. The normalized spacial score (nSPS) is 12.2. The second-order valence-electron chi connectivity index (χ2n) is 3.96. The summed E-state index contributed by atoms with van der Waals surface area (Å²) in [7, 11) is -1.47. The van der Waals surface area contributed by atoms with Crippen LogP contribution in [0.3, 0.4) is 0 Å². The highest BCUT2D eigenvalue weighted by molar-refractivity contribution is 7.84. The number of halogens is 1. The van der Waals surface area contributed by atoms with E-state index in [0.717, 1.165) is 5.56 Å². The zero-order chi connectivity index (χ0) is 13.9. The average molecular weight is 305 g/mol. The highest BCUT2D eigenvalue weighted by atomic mass is 35.5. The third kappa shape index (κ3) is 2.64. The van der Waals surface area contributed by atoms with Crippen LogP contribution in [0.1, 0.15) is 0 Å². The van der Waals surface area contributed by atoms with Gasteiger partial charge in [0, 0.05) is 15.5 Å². The fourth-order valence-corrected chi connectivity index (χ4v) is 2.64. The highest BCUT2D eigenvalue weighted by Gasteiger charge is 2.15. The molecule has 0 saturated heterocycles. The van der Waals surface area contributed by atoms with Crippen LogP contribution in [-0.2, 0) is 10.8 Å². The second kappa shape index (κ2) is 5.56. The van der Waals surface area contributed by atoms with Gasteiger partial charge in [-0.3, -0.25) is 0 Å². The van der Waals surface area contributed by atoms with Gasteiger partial charge < -0.3 is 4.42 Å². The Bertz CT molecular complexity index is 741. The fraction of sp³-hybridized carbons (Fsp3) is 0. The fourth-order valence-electron chi connectivity index (χ4n) is 1.64. The van der Waals surface area contributed by atoms with Crippen LogP contribution in [-0.4, -0.2) is 14.4 Å². The first-order valence-corrected chi connectivity index (χ1v) is 7.33. The number of hydrogen-bond donors (Lipinski definition) is 0. The lowest BCUT2D eigenvalue weighted by atomic mass is 10.2. The van der Waals surface area contributed by atoms with E-state index >= 15 is 0 Å². The van der Waals surface area contributed by atoms with Crippen molar-refractivity contribution in [1.29, 1.82) is 0 Å². The lowest BCUT2D eigenvalue weighted by molar-refractivity contribution is 0.456. The van der Waals surface area contributed by atoms with E-state index in [1.165, 1.54) is 0 Å². The maximum Gasteiger partial charge on any atom is 0.312 e. The predicted octanol–water partition coefficient (Wildman–Crippen LogP) is 3.56. The minimum Gasteiger partial charge on any atom is -0.409 e. The van der Waals surface area contributed by atoms with Crippen LogP contribution in [0.2, 0.25) is 5.02 Å². The van der Waals surface area contributed by atoms with Crippen LogP contribution in [0.25, 0.3) is 11.5 Å². The molecule has 0 aliphatic carbocycles. The van der Waals surface area contributed by atoms with Gasteiger partial charge in [-0.05, 0) is 36.4 Å². The van der Waals surface area contributed by atoms with Crippen molar-refractivity contribution in [3.63, 3.8) is 0 Å². The molecule has 4 nitrogen and oxygen atoms in total. The minimum atomic E-state index is -1.47. The van der Waals surface area contributed by atoms with Gasteiger partial charge in [-0.1, -0.05) is 34.9 Å². The van der Waals surface area contributed by atoms with E-state index in [4.69, 9.17) is 16.0 Å².